The van der Waals surface area contributed by atoms with E-state index in [-0.39, 0.29) is 41.8 Å². The Kier molecular flexibility index (Phi) is 9.68. The Labute approximate surface area is 192 Å². The lowest BCUT2D eigenvalue weighted by atomic mass is 9.99. The van der Waals surface area contributed by atoms with Crippen LogP contribution in [0.4, 0.5) is 0 Å². The molecule has 0 aromatic heterocycles. The molecule has 3 unspecified atom stereocenters. The zero-order chi connectivity index (χ0) is 19.9. The highest BCUT2D eigenvalue weighted by molar-refractivity contribution is 14.0. The van der Waals surface area contributed by atoms with Crippen LogP contribution in [0.5, 0.6) is 0 Å². The minimum absolute atomic E-state index is 0. The number of benzene rings is 1. The number of nitrogens with one attached hydrogen (secondary N) is 1. The molecule has 0 saturated carbocycles. The van der Waals surface area contributed by atoms with Gasteiger partial charge in [-0.1, -0.05) is 37.3 Å². The van der Waals surface area contributed by atoms with Crippen LogP contribution in [0.1, 0.15) is 18.9 Å². The molecule has 2 fully saturated rings. The van der Waals surface area contributed by atoms with Gasteiger partial charge in [-0.05, 0) is 36.8 Å². The van der Waals surface area contributed by atoms with Gasteiger partial charge in [-0.25, -0.2) is 0 Å². The van der Waals surface area contributed by atoms with Crippen molar-refractivity contribution in [1.82, 2.24) is 15.1 Å². The van der Waals surface area contributed by atoms with Crippen LogP contribution in [-0.2, 0) is 16.0 Å². The highest BCUT2D eigenvalue weighted by atomic mass is 127. The first-order valence-electron chi connectivity index (χ1n) is 10.4. The fourth-order valence-electron chi connectivity index (χ4n) is 4.38. The highest BCUT2D eigenvalue weighted by Crippen LogP contribution is 2.24. The molecule has 2 heterocycles. The Morgan fingerprint density at radius 2 is 2.00 bits per heavy atom. The molecule has 162 valence electrons. The molecule has 29 heavy (non-hydrogen) atoms. The monoisotopic (exact) mass is 514 g/mol. The number of hydrogen-bond acceptors (Lipinski definition) is 4. The van der Waals surface area contributed by atoms with Crippen LogP contribution in [0.15, 0.2) is 35.3 Å². The van der Waals surface area contributed by atoms with Crippen molar-refractivity contribution in [3.63, 3.8) is 0 Å². The van der Waals surface area contributed by atoms with E-state index in [0.717, 1.165) is 38.6 Å². The average molecular weight is 514 g/mol. The summed E-state index contributed by atoms with van der Waals surface area (Å²) in [7, 11) is 3.29. The Hall–Kier alpha value is -1.35. The quantitative estimate of drug-likeness (QED) is 0.274. The molecule has 7 heteroatoms. The molecule has 0 aliphatic carbocycles. The second kappa shape index (κ2) is 11.7. The van der Waals surface area contributed by atoms with Gasteiger partial charge in [0, 0.05) is 39.8 Å². The second-order valence-electron chi connectivity index (χ2n) is 8.13. The third-order valence-electron chi connectivity index (χ3n) is 6.11. The van der Waals surface area contributed by atoms with Crippen molar-refractivity contribution < 1.29 is 9.53 Å². The smallest absolute Gasteiger partial charge is 0.310 e. The molecular formula is C22H35IN4O2. The number of aliphatic imine (C=N–C) groups is 1. The largest absolute Gasteiger partial charge is 0.469 e. The third kappa shape index (κ3) is 6.57. The average Bonchev–Trinajstić information content (AvgIpc) is 3.34. The van der Waals surface area contributed by atoms with Gasteiger partial charge in [0.05, 0.1) is 13.0 Å². The predicted octanol–water partition coefficient (Wildman–Crippen LogP) is 2.49. The molecule has 0 amide bonds. The van der Waals surface area contributed by atoms with Crippen molar-refractivity contribution in [3.8, 4) is 0 Å². The Bertz CT molecular complexity index is 670. The van der Waals surface area contributed by atoms with Crippen molar-refractivity contribution in [2.75, 3.05) is 53.4 Å². The van der Waals surface area contributed by atoms with E-state index in [1.54, 1.807) is 0 Å². The summed E-state index contributed by atoms with van der Waals surface area (Å²) in [6, 6.07) is 10.7. The van der Waals surface area contributed by atoms with E-state index in [1.165, 1.54) is 25.6 Å². The maximum absolute atomic E-state index is 11.9. The van der Waals surface area contributed by atoms with E-state index in [1.807, 2.05) is 7.05 Å². The van der Waals surface area contributed by atoms with Gasteiger partial charge in [-0.3, -0.25) is 9.79 Å². The van der Waals surface area contributed by atoms with Crippen molar-refractivity contribution in [2.45, 2.75) is 19.8 Å². The number of guanidine groups is 1. The Morgan fingerprint density at radius 1 is 1.24 bits per heavy atom. The molecular weight excluding hydrogens is 479 g/mol. The minimum Gasteiger partial charge on any atom is -0.469 e. The number of hydrogen-bond donors (Lipinski definition) is 1. The van der Waals surface area contributed by atoms with Crippen molar-refractivity contribution in [2.24, 2.45) is 22.7 Å². The van der Waals surface area contributed by atoms with Gasteiger partial charge in [-0.2, -0.15) is 0 Å². The van der Waals surface area contributed by atoms with E-state index in [4.69, 9.17) is 4.74 Å². The van der Waals surface area contributed by atoms with Crippen molar-refractivity contribution >= 4 is 35.9 Å². The first-order valence-corrected chi connectivity index (χ1v) is 10.4. The van der Waals surface area contributed by atoms with Crippen molar-refractivity contribution in [3.05, 3.63) is 35.9 Å². The van der Waals surface area contributed by atoms with E-state index < -0.39 is 0 Å². The van der Waals surface area contributed by atoms with E-state index in [2.05, 4.69) is 57.4 Å². The van der Waals surface area contributed by atoms with Gasteiger partial charge in [0.1, 0.15) is 0 Å². The molecule has 0 radical (unpaired) electrons. The molecule has 3 atom stereocenters. The molecule has 3 rings (SSSR count). The first kappa shape index (κ1) is 23.9. The summed E-state index contributed by atoms with van der Waals surface area (Å²) in [5, 5.41) is 3.54. The summed E-state index contributed by atoms with van der Waals surface area (Å²) in [6.45, 7) is 7.99. The standard InChI is InChI=1S/C22H34N4O2.HI/c1-17-14-26(16-20(17)21(27)28-3)22(23-2)24-13-19-10-12-25(15-19)11-9-18-7-5-4-6-8-18;/h4-8,17,19-20H,9-16H2,1-3H3,(H,23,24);1H. The van der Waals surface area contributed by atoms with E-state index >= 15 is 0 Å². The summed E-state index contributed by atoms with van der Waals surface area (Å²) in [5.41, 5.74) is 1.41. The van der Waals surface area contributed by atoms with Crippen molar-refractivity contribution in [1.29, 1.82) is 0 Å². The molecule has 2 aliphatic heterocycles. The van der Waals surface area contributed by atoms with Crippen LogP contribution in [0.25, 0.3) is 0 Å². The summed E-state index contributed by atoms with van der Waals surface area (Å²) >= 11 is 0. The number of carbonyl (C=O) groups is 1. The molecule has 1 N–H and O–H groups in total. The fraction of sp³-hybridized carbons (Fsp3) is 0.636. The number of esters is 1. The summed E-state index contributed by atoms with van der Waals surface area (Å²) in [4.78, 5) is 21.1. The molecule has 6 nitrogen and oxygen atoms in total. The number of ether oxygens (including phenoxy) is 1. The lowest BCUT2D eigenvalue weighted by molar-refractivity contribution is -0.145. The maximum Gasteiger partial charge on any atom is 0.310 e. The summed E-state index contributed by atoms with van der Waals surface area (Å²) < 4.78 is 4.94. The molecule has 2 aliphatic rings. The normalized spacial score (nSPS) is 25.0. The molecule has 1 aromatic carbocycles. The van der Waals surface area contributed by atoms with Gasteiger partial charge in [0.2, 0.25) is 0 Å². The SMILES string of the molecule is CN=C(NCC1CCN(CCc2ccccc2)C1)N1CC(C)C(C(=O)OC)C1.I. The van der Waals surface area contributed by atoms with Crippen LogP contribution in [0.3, 0.4) is 0 Å². The second-order valence-corrected chi connectivity index (χ2v) is 8.13. The van der Waals surface area contributed by atoms with E-state index in [0.29, 0.717) is 12.5 Å². The first-order chi connectivity index (χ1) is 13.6. The van der Waals surface area contributed by atoms with E-state index in [9.17, 15) is 4.79 Å². The van der Waals surface area contributed by atoms with Crippen LogP contribution in [-0.4, -0.2) is 75.2 Å². The predicted molar refractivity (Wildman–Crippen MR) is 128 cm³/mol. The Morgan fingerprint density at radius 3 is 2.69 bits per heavy atom. The number of methoxy groups -OCH3 is 1. The molecule has 0 spiro atoms. The number of nitrogens with zero attached hydrogens (tertiary/aromatic N) is 3. The van der Waals surface area contributed by atoms with Crippen LogP contribution in [0.2, 0.25) is 0 Å². The molecule has 0 bridgehead atoms. The number of likely N-dealkylation sites (tertiary alicyclic amines) is 2. The molecule has 2 saturated heterocycles. The van der Waals surface area contributed by atoms with Crippen LogP contribution in [0, 0.1) is 17.8 Å². The zero-order valence-corrected chi connectivity index (χ0v) is 20.2. The molecule has 1 aromatic rings. The minimum atomic E-state index is -0.115. The Balaban J connectivity index is 0.00000300. The van der Waals surface area contributed by atoms with Gasteiger partial charge in [-0.15, -0.1) is 24.0 Å². The topological polar surface area (TPSA) is 57.2 Å². The number of halogens is 1. The third-order valence-corrected chi connectivity index (χ3v) is 6.11. The fourth-order valence-corrected chi connectivity index (χ4v) is 4.38. The van der Waals surface area contributed by atoms with Crippen LogP contribution < -0.4 is 5.32 Å². The number of carbonyl (C=O) groups excluding carboxylic acids is 1. The lowest BCUT2D eigenvalue weighted by Crippen LogP contribution is -2.42. The highest BCUT2D eigenvalue weighted by Gasteiger charge is 2.37. The van der Waals surface area contributed by atoms with Gasteiger partial charge in [0.15, 0.2) is 5.96 Å². The maximum atomic E-state index is 11.9. The lowest BCUT2D eigenvalue weighted by Gasteiger charge is -2.23. The van der Waals surface area contributed by atoms with Crippen LogP contribution >= 0.6 is 24.0 Å². The number of rotatable bonds is 6. The van der Waals surface area contributed by atoms with Gasteiger partial charge < -0.3 is 19.9 Å². The van der Waals surface area contributed by atoms with Gasteiger partial charge in [0.25, 0.3) is 0 Å². The summed E-state index contributed by atoms with van der Waals surface area (Å²) in [5.74, 6) is 1.65. The summed E-state index contributed by atoms with van der Waals surface area (Å²) in [6.07, 6.45) is 2.34. The van der Waals surface area contributed by atoms with Gasteiger partial charge >= 0.3 is 5.97 Å². The zero-order valence-electron chi connectivity index (χ0n) is 17.8.